The molecule has 12 heteroatoms. The first kappa shape index (κ1) is 24.5. The van der Waals surface area contributed by atoms with Crippen molar-refractivity contribution in [3.05, 3.63) is 53.7 Å². The molecule has 0 bridgehead atoms. The van der Waals surface area contributed by atoms with Crippen LogP contribution in [0.1, 0.15) is 18.1 Å². The van der Waals surface area contributed by atoms with Gasteiger partial charge in [-0.1, -0.05) is 12.1 Å². The number of morpholine rings is 1. The smallest absolute Gasteiger partial charge is 0.385 e. The van der Waals surface area contributed by atoms with Crippen LogP contribution >= 0.6 is 0 Å². The first-order valence-electron chi connectivity index (χ1n) is 11.0. The standard InChI is InChI=1S/C23H27N5O6S/c1-2-33-19-12-15(11-17-14-26-23(25)27-22(17)24)13-20(21(19)16-3-5-18(29)6-4-16)34-35(30,31)28-7-9-32-10-8-28/h3-6,12-14,29H,2,7-11H2,1H3,(H4,24,25,26,27). The maximum Gasteiger partial charge on any atom is 0.385 e. The van der Waals surface area contributed by atoms with Crippen LogP contribution in [0.15, 0.2) is 42.6 Å². The molecule has 35 heavy (non-hydrogen) atoms. The molecule has 0 amide bonds. The van der Waals surface area contributed by atoms with Crippen LogP contribution in [0.5, 0.6) is 17.2 Å². The predicted octanol–water partition coefficient (Wildman–Crippen LogP) is 1.96. The van der Waals surface area contributed by atoms with Gasteiger partial charge in [0.2, 0.25) is 5.95 Å². The molecule has 1 aliphatic rings. The van der Waals surface area contributed by atoms with Crippen molar-refractivity contribution in [3.8, 4) is 28.4 Å². The molecule has 0 atom stereocenters. The number of hydrogen-bond donors (Lipinski definition) is 3. The average Bonchev–Trinajstić information content (AvgIpc) is 2.82. The van der Waals surface area contributed by atoms with Crippen molar-refractivity contribution in [2.45, 2.75) is 13.3 Å². The van der Waals surface area contributed by atoms with Crippen LogP contribution in [0.4, 0.5) is 11.8 Å². The maximum atomic E-state index is 13.1. The van der Waals surface area contributed by atoms with Gasteiger partial charge in [0, 0.05) is 31.3 Å². The molecule has 2 aromatic carbocycles. The molecule has 5 N–H and O–H groups in total. The fourth-order valence-electron chi connectivity index (χ4n) is 3.72. The molecule has 1 saturated heterocycles. The summed E-state index contributed by atoms with van der Waals surface area (Å²) in [5.74, 6) is 0.854. The second-order valence-electron chi connectivity index (χ2n) is 7.81. The summed E-state index contributed by atoms with van der Waals surface area (Å²) in [6, 6.07) is 9.74. The molecule has 4 rings (SSSR count). The molecular formula is C23H27N5O6S. The number of nitrogens with zero attached hydrogens (tertiary/aromatic N) is 3. The number of ether oxygens (including phenoxy) is 2. The van der Waals surface area contributed by atoms with Crippen LogP contribution < -0.4 is 20.4 Å². The van der Waals surface area contributed by atoms with Crippen LogP contribution in [-0.4, -0.2) is 60.7 Å². The molecule has 1 aromatic heterocycles. The summed E-state index contributed by atoms with van der Waals surface area (Å²) < 4.78 is 44.4. The predicted molar refractivity (Wildman–Crippen MR) is 130 cm³/mol. The Bertz CT molecular complexity index is 1290. The third kappa shape index (κ3) is 5.73. The lowest BCUT2D eigenvalue weighted by atomic mass is 9.98. The number of aromatic nitrogens is 2. The fourth-order valence-corrected chi connectivity index (χ4v) is 4.78. The van der Waals surface area contributed by atoms with Crippen molar-refractivity contribution in [2.75, 3.05) is 44.4 Å². The Morgan fingerprint density at radius 1 is 1.11 bits per heavy atom. The van der Waals surface area contributed by atoms with Gasteiger partial charge in [0.1, 0.15) is 17.3 Å². The molecule has 2 heterocycles. The lowest BCUT2D eigenvalue weighted by molar-refractivity contribution is 0.0698. The molecule has 3 aromatic rings. The number of hydrogen-bond acceptors (Lipinski definition) is 10. The largest absolute Gasteiger partial charge is 0.508 e. The summed E-state index contributed by atoms with van der Waals surface area (Å²) in [7, 11) is -4.13. The normalized spacial score (nSPS) is 14.5. The second kappa shape index (κ2) is 10.3. The minimum atomic E-state index is -4.13. The molecule has 0 unspecified atom stereocenters. The summed E-state index contributed by atoms with van der Waals surface area (Å²) in [5, 5.41) is 9.75. The monoisotopic (exact) mass is 501 g/mol. The van der Waals surface area contributed by atoms with E-state index in [1.54, 1.807) is 24.3 Å². The van der Waals surface area contributed by atoms with E-state index in [0.717, 1.165) is 0 Å². The van der Waals surface area contributed by atoms with Crippen molar-refractivity contribution >= 4 is 22.1 Å². The SMILES string of the molecule is CCOc1cc(Cc2cnc(N)nc2N)cc(OS(=O)(=O)N2CCOCC2)c1-c1ccc(O)cc1. The topological polar surface area (TPSA) is 163 Å². The third-order valence-electron chi connectivity index (χ3n) is 5.37. The van der Waals surface area contributed by atoms with E-state index in [1.165, 1.54) is 22.6 Å². The van der Waals surface area contributed by atoms with E-state index < -0.39 is 10.3 Å². The summed E-state index contributed by atoms with van der Waals surface area (Å²) >= 11 is 0. The zero-order valence-corrected chi connectivity index (χ0v) is 20.0. The van der Waals surface area contributed by atoms with Gasteiger partial charge < -0.3 is 30.2 Å². The van der Waals surface area contributed by atoms with Gasteiger partial charge in [0.05, 0.1) is 25.4 Å². The fraction of sp³-hybridized carbons (Fsp3) is 0.304. The molecule has 0 saturated carbocycles. The summed E-state index contributed by atoms with van der Waals surface area (Å²) in [6.45, 7) is 3.10. The number of benzene rings is 2. The molecule has 11 nitrogen and oxygen atoms in total. The average molecular weight is 502 g/mol. The highest BCUT2D eigenvalue weighted by Gasteiger charge is 2.29. The Kier molecular flexibility index (Phi) is 7.24. The Balaban J connectivity index is 1.82. The number of nitrogen functional groups attached to an aromatic ring is 2. The minimum Gasteiger partial charge on any atom is -0.508 e. The number of anilines is 2. The van der Waals surface area contributed by atoms with E-state index in [1.807, 2.05) is 6.92 Å². The van der Waals surface area contributed by atoms with E-state index in [0.29, 0.717) is 34.6 Å². The van der Waals surface area contributed by atoms with Crippen molar-refractivity contribution < 1.29 is 27.2 Å². The van der Waals surface area contributed by atoms with Gasteiger partial charge in [-0.3, -0.25) is 0 Å². The van der Waals surface area contributed by atoms with Crippen LogP contribution in [0.25, 0.3) is 11.1 Å². The molecular weight excluding hydrogens is 474 g/mol. The van der Waals surface area contributed by atoms with E-state index >= 15 is 0 Å². The number of phenolic OH excluding ortho intramolecular Hbond substituents is 1. The number of rotatable bonds is 8. The number of phenols is 1. The minimum absolute atomic E-state index is 0.0598. The maximum absolute atomic E-state index is 13.1. The van der Waals surface area contributed by atoms with Crippen molar-refractivity contribution in [1.82, 2.24) is 14.3 Å². The first-order chi connectivity index (χ1) is 16.8. The van der Waals surface area contributed by atoms with E-state index in [4.69, 9.17) is 25.1 Å². The Morgan fingerprint density at radius 3 is 2.46 bits per heavy atom. The van der Waals surface area contributed by atoms with E-state index in [9.17, 15) is 13.5 Å². The van der Waals surface area contributed by atoms with Gasteiger partial charge in [-0.05, 0) is 42.3 Å². The van der Waals surface area contributed by atoms with Gasteiger partial charge in [-0.15, -0.1) is 0 Å². The molecule has 0 aliphatic carbocycles. The summed E-state index contributed by atoms with van der Waals surface area (Å²) in [5.41, 5.74) is 13.9. The number of aromatic hydroxyl groups is 1. The highest BCUT2D eigenvalue weighted by molar-refractivity contribution is 7.84. The van der Waals surface area contributed by atoms with E-state index in [-0.39, 0.29) is 56.0 Å². The summed E-state index contributed by atoms with van der Waals surface area (Å²) in [6.07, 6.45) is 1.81. The van der Waals surface area contributed by atoms with Gasteiger partial charge in [-0.2, -0.15) is 17.7 Å². The Labute approximate surface area is 203 Å². The lowest BCUT2D eigenvalue weighted by Gasteiger charge is -2.26. The number of nitrogens with two attached hydrogens (primary N) is 2. The Morgan fingerprint density at radius 2 is 1.80 bits per heavy atom. The first-order valence-corrected chi connectivity index (χ1v) is 12.4. The second-order valence-corrected chi connectivity index (χ2v) is 9.35. The highest BCUT2D eigenvalue weighted by Crippen LogP contribution is 2.42. The zero-order valence-electron chi connectivity index (χ0n) is 19.2. The third-order valence-corrected chi connectivity index (χ3v) is 6.76. The summed E-state index contributed by atoms with van der Waals surface area (Å²) in [4.78, 5) is 7.99. The van der Waals surface area contributed by atoms with Gasteiger partial charge in [0.15, 0.2) is 5.75 Å². The molecule has 1 fully saturated rings. The van der Waals surface area contributed by atoms with Crippen LogP contribution in [0.3, 0.4) is 0 Å². The zero-order chi connectivity index (χ0) is 25.0. The molecule has 0 radical (unpaired) electrons. The highest BCUT2D eigenvalue weighted by atomic mass is 32.2. The van der Waals surface area contributed by atoms with Crippen LogP contribution in [0.2, 0.25) is 0 Å². The van der Waals surface area contributed by atoms with E-state index in [2.05, 4.69) is 9.97 Å². The Hall–Kier alpha value is -3.61. The van der Waals surface area contributed by atoms with Crippen molar-refractivity contribution in [3.63, 3.8) is 0 Å². The van der Waals surface area contributed by atoms with Gasteiger partial charge in [-0.25, -0.2) is 4.98 Å². The van der Waals surface area contributed by atoms with Gasteiger partial charge in [0.25, 0.3) is 0 Å². The lowest BCUT2D eigenvalue weighted by Crippen LogP contribution is -2.42. The van der Waals surface area contributed by atoms with Crippen molar-refractivity contribution in [1.29, 1.82) is 0 Å². The quantitative estimate of drug-likeness (QED) is 0.416. The molecule has 0 spiro atoms. The van der Waals surface area contributed by atoms with Crippen molar-refractivity contribution in [2.24, 2.45) is 0 Å². The van der Waals surface area contributed by atoms with Crippen LogP contribution in [0, 0.1) is 0 Å². The van der Waals surface area contributed by atoms with Gasteiger partial charge >= 0.3 is 10.3 Å². The molecule has 186 valence electrons. The van der Waals surface area contributed by atoms with Crippen LogP contribution in [-0.2, 0) is 21.5 Å². The molecule has 1 aliphatic heterocycles.